The van der Waals surface area contributed by atoms with E-state index in [1.807, 2.05) is 18.2 Å². The average molecular weight is 500 g/mol. The molecule has 1 saturated carbocycles. The SMILES string of the molecule is [C-]#[N+]c1ccc2c(c1)C1(CCN(CCOc3cnc4c(ccc(=O)n4C4CC(C)(O)C4)c3)CC1)C(=O)N2. The molecule has 190 valence electrons. The Morgan fingerprint density at radius 2 is 1.97 bits per heavy atom. The van der Waals surface area contributed by atoms with Gasteiger partial charge in [0.25, 0.3) is 5.56 Å². The van der Waals surface area contributed by atoms with E-state index in [0.717, 1.165) is 36.3 Å². The highest BCUT2D eigenvalue weighted by molar-refractivity contribution is 6.06. The van der Waals surface area contributed by atoms with E-state index in [1.54, 1.807) is 35.9 Å². The number of anilines is 1. The smallest absolute Gasteiger partial charge is 0.252 e. The van der Waals surface area contributed by atoms with Crippen LogP contribution in [0.4, 0.5) is 11.4 Å². The molecule has 9 heteroatoms. The Labute approximate surface area is 214 Å². The van der Waals surface area contributed by atoms with E-state index in [2.05, 4.69) is 20.0 Å². The number of carbonyl (C=O) groups excluding carboxylic acids is 1. The number of piperidine rings is 1. The van der Waals surface area contributed by atoms with Crippen molar-refractivity contribution in [2.45, 2.75) is 49.7 Å². The van der Waals surface area contributed by atoms with E-state index in [9.17, 15) is 14.7 Å². The van der Waals surface area contributed by atoms with E-state index < -0.39 is 11.0 Å². The third-order valence-electron chi connectivity index (χ3n) is 8.17. The van der Waals surface area contributed by atoms with Crippen LogP contribution >= 0.6 is 0 Å². The van der Waals surface area contributed by atoms with Gasteiger partial charge in [0, 0.05) is 29.7 Å². The molecule has 1 aromatic carbocycles. The minimum absolute atomic E-state index is 0.0340. The molecular formula is C28H29N5O4. The first-order valence-corrected chi connectivity index (χ1v) is 12.7. The highest BCUT2D eigenvalue weighted by atomic mass is 16.5. The summed E-state index contributed by atoms with van der Waals surface area (Å²) in [4.78, 5) is 35.7. The van der Waals surface area contributed by atoms with Gasteiger partial charge < -0.3 is 15.2 Å². The van der Waals surface area contributed by atoms with Crippen LogP contribution in [-0.4, -0.2) is 57.3 Å². The van der Waals surface area contributed by atoms with Crippen LogP contribution in [0.25, 0.3) is 15.9 Å². The molecule has 0 atom stereocenters. The molecule has 1 aliphatic carbocycles. The zero-order valence-electron chi connectivity index (χ0n) is 20.7. The number of benzene rings is 1. The highest BCUT2D eigenvalue weighted by Crippen LogP contribution is 2.46. The fraction of sp³-hybridized carbons (Fsp3) is 0.429. The first-order chi connectivity index (χ1) is 17.8. The van der Waals surface area contributed by atoms with Gasteiger partial charge in [-0.3, -0.25) is 19.1 Å². The number of hydrogen-bond donors (Lipinski definition) is 2. The van der Waals surface area contributed by atoms with E-state index >= 15 is 0 Å². The number of aliphatic hydroxyl groups is 1. The van der Waals surface area contributed by atoms with Crippen LogP contribution in [0.2, 0.25) is 0 Å². The number of pyridine rings is 2. The van der Waals surface area contributed by atoms with Crippen molar-refractivity contribution in [2.24, 2.45) is 0 Å². The second-order valence-corrected chi connectivity index (χ2v) is 10.8. The second-order valence-electron chi connectivity index (χ2n) is 10.8. The van der Waals surface area contributed by atoms with Crippen molar-refractivity contribution in [3.8, 4) is 5.75 Å². The summed E-state index contributed by atoms with van der Waals surface area (Å²) >= 11 is 0. The fourth-order valence-electron chi connectivity index (χ4n) is 6.11. The Balaban J connectivity index is 1.08. The van der Waals surface area contributed by atoms with E-state index in [-0.39, 0.29) is 17.5 Å². The van der Waals surface area contributed by atoms with Gasteiger partial charge in [0.2, 0.25) is 5.91 Å². The van der Waals surface area contributed by atoms with Crippen LogP contribution < -0.4 is 15.6 Å². The van der Waals surface area contributed by atoms with E-state index in [4.69, 9.17) is 11.3 Å². The molecule has 2 aromatic heterocycles. The van der Waals surface area contributed by atoms with Crippen LogP contribution in [0.5, 0.6) is 5.75 Å². The number of carbonyl (C=O) groups is 1. The quantitative estimate of drug-likeness (QED) is 0.522. The molecule has 0 radical (unpaired) electrons. The van der Waals surface area contributed by atoms with Crippen LogP contribution in [-0.2, 0) is 10.2 Å². The Morgan fingerprint density at radius 1 is 1.19 bits per heavy atom. The molecule has 6 rings (SSSR count). The molecule has 2 N–H and O–H groups in total. The second kappa shape index (κ2) is 8.68. The van der Waals surface area contributed by atoms with Crippen LogP contribution in [0, 0.1) is 6.57 Å². The molecule has 0 unspecified atom stereocenters. The predicted molar refractivity (Wildman–Crippen MR) is 139 cm³/mol. The van der Waals surface area contributed by atoms with Crippen molar-refractivity contribution in [3.05, 3.63) is 69.9 Å². The average Bonchev–Trinajstić information content (AvgIpc) is 3.14. The number of fused-ring (bicyclic) bond motifs is 3. The number of nitrogens with zero attached hydrogens (tertiary/aromatic N) is 4. The minimum atomic E-state index is -0.727. The summed E-state index contributed by atoms with van der Waals surface area (Å²) in [5.41, 5.74) is 1.55. The largest absolute Gasteiger partial charge is 0.491 e. The maximum Gasteiger partial charge on any atom is 0.252 e. The molecular weight excluding hydrogens is 470 g/mol. The summed E-state index contributed by atoms with van der Waals surface area (Å²) in [6.07, 6.45) is 4.13. The summed E-state index contributed by atoms with van der Waals surface area (Å²) in [5, 5.41) is 13.9. The summed E-state index contributed by atoms with van der Waals surface area (Å²) in [6.45, 7) is 11.8. The number of ether oxygens (including phenoxy) is 1. The van der Waals surface area contributed by atoms with Crippen molar-refractivity contribution >= 4 is 28.3 Å². The Kier molecular flexibility index (Phi) is 5.55. The summed E-state index contributed by atoms with van der Waals surface area (Å²) in [5.74, 6) is 0.675. The van der Waals surface area contributed by atoms with Crippen LogP contribution in [0.15, 0.2) is 47.4 Å². The van der Waals surface area contributed by atoms with Gasteiger partial charge >= 0.3 is 0 Å². The number of rotatable bonds is 5. The first-order valence-electron chi connectivity index (χ1n) is 12.7. The molecule has 1 spiro atoms. The van der Waals surface area contributed by atoms with E-state index in [0.29, 0.717) is 49.4 Å². The zero-order valence-corrected chi connectivity index (χ0v) is 20.7. The number of likely N-dealkylation sites (tertiary alicyclic amines) is 1. The normalized spacial score (nSPS) is 24.4. The topological polar surface area (TPSA) is 101 Å². The minimum Gasteiger partial charge on any atom is -0.491 e. The van der Waals surface area contributed by atoms with Crippen molar-refractivity contribution in [2.75, 3.05) is 31.6 Å². The summed E-state index contributed by atoms with van der Waals surface area (Å²) in [6, 6.07) is 10.6. The van der Waals surface area contributed by atoms with Crippen molar-refractivity contribution in [1.29, 1.82) is 0 Å². The van der Waals surface area contributed by atoms with Crippen molar-refractivity contribution in [3.63, 3.8) is 0 Å². The van der Waals surface area contributed by atoms with Gasteiger partial charge in [0.05, 0.1) is 23.8 Å². The lowest BCUT2D eigenvalue weighted by molar-refractivity contribution is -0.122. The molecule has 1 saturated heterocycles. The molecule has 2 aliphatic heterocycles. The van der Waals surface area contributed by atoms with Gasteiger partial charge in [-0.05, 0) is 69.5 Å². The zero-order chi connectivity index (χ0) is 25.8. The monoisotopic (exact) mass is 499 g/mol. The molecule has 9 nitrogen and oxygen atoms in total. The number of hydrogen-bond acceptors (Lipinski definition) is 6. The molecule has 4 heterocycles. The van der Waals surface area contributed by atoms with Gasteiger partial charge in [-0.25, -0.2) is 9.83 Å². The summed E-state index contributed by atoms with van der Waals surface area (Å²) in [7, 11) is 0. The maximum atomic E-state index is 12.9. The molecule has 3 aromatic rings. The first kappa shape index (κ1) is 23.6. The maximum absolute atomic E-state index is 12.9. The number of aromatic nitrogens is 2. The number of amides is 1. The lowest BCUT2D eigenvalue weighted by atomic mass is 9.73. The van der Waals surface area contributed by atoms with Gasteiger partial charge in [0.1, 0.15) is 18.0 Å². The van der Waals surface area contributed by atoms with Crippen LogP contribution in [0.3, 0.4) is 0 Å². The van der Waals surface area contributed by atoms with Gasteiger partial charge in [0.15, 0.2) is 5.69 Å². The summed E-state index contributed by atoms with van der Waals surface area (Å²) < 4.78 is 7.68. The van der Waals surface area contributed by atoms with Crippen molar-refractivity contribution < 1.29 is 14.6 Å². The molecule has 0 bridgehead atoms. The van der Waals surface area contributed by atoms with Crippen molar-refractivity contribution in [1.82, 2.24) is 14.5 Å². The lowest BCUT2D eigenvalue weighted by Crippen LogP contribution is -2.47. The predicted octanol–water partition coefficient (Wildman–Crippen LogP) is 3.40. The standard InChI is InChI=1S/C28H29N5O4/c1-27(36)15-20(16-27)33-24(34)6-3-18-13-21(17-30-25(18)33)37-12-11-32-9-7-28(8-10-32)22-14-19(29-2)4-5-23(22)31-26(28)35/h3-6,13-14,17,20,36H,7-12,15-16H2,1H3,(H,31,35). The van der Waals surface area contributed by atoms with Gasteiger partial charge in [-0.1, -0.05) is 12.1 Å². The van der Waals surface area contributed by atoms with Gasteiger partial charge in [-0.15, -0.1) is 0 Å². The fourth-order valence-corrected chi connectivity index (χ4v) is 6.11. The number of nitrogens with one attached hydrogen (secondary N) is 1. The lowest BCUT2D eigenvalue weighted by Gasteiger charge is -2.41. The Bertz CT molecular complexity index is 1490. The Morgan fingerprint density at radius 3 is 2.70 bits per heavy atom. The molecule has 37 heavy (non-hydrogen) atoms. The Hall–Kier alpha value is -3.74. The third-order valence-corrected chi connectivity index (χ3v) is 8.17. The molecule has 2 fully saturated rings. The third kappa shape index (κ3) is 4.06. The van der Waals surface area contributed by atoms with Crippen LogP contribution in [0.1, 0.15) is 44.2 Å². The molecule has 3 aliphatic rings. The molecule has 1 amide bonds. The van der Waals surface area contributed by atoms with Gasteiger partial charge in [-0.2, -0.15) is 0 Å². The van der Waals surface area contributed by atoms with E-state index in [1.165, 1.54) is 0 Å². The highest BCUT2D eigenvalue weighted by Gasteiger charge is 2.48.